The second-order valence-corrected chi connectivity index (χ2v) is 5.44. The predicted octanol–water partition coefficient (Wildman–Crippen LogP) is 0.502. The molecule has 0 bridgehead atoms. The van der Waals surface area contributed by atoms with Crippen LogP contribution < -0.4 is 11.1 Å². The first-order valence-electron chi connectivity index (χ1n) is 6.74. The molecule has 0 aromatic rings. The second-order valence-electron chi connectivity index (χ2n) is 5.44. The number of carbonyl (C=O) groups excluding carboxylic acids is 1. The molecule has 0 aromatic heterocycles. The Hall–Kier alpha value is -1.14. The molecule has 1 aliphatic rings. The van der Waals surface area contributed by atoms with E-state index in [0.29, 0.717) is 38.9 Å². The van der Waals surface area contributed by atoms with Gasteiger partial charge in [0.15, 0.2) is 0 Å². The Morgan fingerprint density at radius 1 is 1.42 bits per heavy atom. The van der Waals surface area contributed by atoms with Crippen molar-refractivity contribution < 1.29 is 19.4 Å². The molecule has 1 unspecified atom stereocenters. The van der Waals surface area contributed by atoms with Gasteiger partial charge in [0.1, 0.15) is 5.54 Å². The number of amides is 1. The highest BCUT2D eigenvalue weighted by Crippen LogP contribution is 2.30. The fraction of sp³-hybridized carbons (Fsp3) is 0.846. The fourth-order valence-electron chi connectivity index (χ4n) is 2.39. The zero-order valence-electron chi connectivity index (χ0n) is 11.7. The number of carboxylic acids is 1. The van der Waals surface area contributed by atoms with Crippen LogP contribution in [-0.4, -0.2) is 42.3 Å². The predicted molar refractivity (Wildman–Crippen MR) is 70.6 cm³/mol. The van der Waals surface area contributed by atoms with Gasteiger partial charge >= 0.3 is 5.97 Å². The van der Waals surface area contributed by atoms with Crippen LogP contribution in [0.25, 0.3) is 0 Å². The van der Waals surface area contributed by atoms with E-state index in [1.165, 1.54) is 0 Å². The van der Waals surface area contributed by atoms with Crippen molar-refractivity contribution in [2.75, 3.05) is 19.8 Å². The zero-order valence-corrected chi connectivity index (χ0v) is 11.7. The Morgan fingerprint density at radius 3 is 2.42 bits per heavy atom. The molecule has 1 aliphatic heterocycles. The van der Waals surface area contributed by atoms with Crippen molar-refractivity contribution in [1.82, 2.24) is 5.32 Å². The van der Waals surface area contributed by atoms with Gasteiger partial charge in [-0.2, -0.15) is 0 Å². The molecule has 1 fully saturated rings. The largest absolute Gasteiger partial charge is 0.480 e. The van der Waals surface area contributed by atoms with Crippen molar-refractivity contribution in [2.24, 2.45) is 11.1 Å². The maximum Gasteiger partial charge on any atom is 0.329 e. The van der Waals surface area contributed by atoms with Crippen LogP contribution in [0.2, 0.25) is 0 Å². The van der Waals surface area contributed by atoms with E-state index in [1.807, 2.05) is 6.92 Å². The van der Waals surface area contributed by atoms with Gasteiger partial charge in [0.25, 0.3) is 0 Å². The molecular weight excluding hydrogens is 248 g/mol. The fourth-order valence-corrected chi connectivity index (χ4v) is 2.39. The Kier molecular flexibility index (Phi) is 5.31. The summed E-state index contributed by atoms with van der Waals surface area (Å²) in [5.74, 6) is -1.28. The lowest BCUT2D eigenvalue weighted by Crippen LogP contribution is -2.59. The highest BCUT2D eigenvalue weighted by atomic mass is 16.5. The Bertz CT molecular complexity index is 340. The molecule has 19 heavy (non-hydrogen) atoms. The van der Waals surface area contributed by atoms with Gasteiger partial charge in [-0.25, -0.2) is 4.79 Å². The van der Waals surface area contributed by atoms with Gasteiger partial charge in [-0.05, 0) is 26.2 Å². The highest BCUT2D eigenvalue weighted by molar-refractivity contribution is 5.90. The molecule has 110 valence electrons. The van der Waals surface area contributed by atoms with Crippen molar-refractivity contribution >= 4 is 11.9 Å². The SMILES string of the molecule is CCCC(C)(NC(=O)C1(CN)CCOCC1)C(=O)O. The minimum Gasteiger partial charge on any atom is -0.480 e. The molecule has 0 aliphatic carbocycles. The van der Waals surface area contributed by atoms with Crippen molar-refractivity contribution in [3.8, 4) is 0 Å². The average Bonchev–Trinajstić information content (AvgIpc) is 2.39. The molecule has 1 amide bonds. The number of nitrogens with two attached hydrogens (primary N) is 1. The number of nitrogens with one attached hydrogen (secondary N) is 1. The minimum atomic E-state index is -1.23. The van der Waals surface area contributed by atoms with E-state index in [-0.39, 0.29) is 12.5 Å². The number of aliphatic carboxylic acids is 1. The Balaban J connectivity index is 2.83. The number of carbonyl (C=O) groups is 2. The third-order valence-corrected chi connectivity index (χ3v) is 3.93. The van der Waals surface area contributed by atoms with Crippen LogP contribution in [0.4, 0.5) is 0 Å². The van der Waals surface area contributed by atoms with E-state index >= 15 is 0 Å². The van der Waals surface area contributed by atoms with Crippen LogP contribution in [0.15, 0.2) is 0 Å². The topological polar surface area (TPSA) is 102 Å². The summed E-state index contributed by atoms with van der Waals surface area (Å²) in [7, 11) is 0. The molecule has 0 aromatic carbocycles. The Labute approximate surface area is 113 Å². The molecule has 1 saturated heterocycles. The van der Waals surface area contributed by atoms with Gasteiger partial charge in [-0.15, -0.1) is 0 Å². The van der Waals surface area contributed by atoms with E-state index in [0.717, 1.165) is 0 Å². The van der Waals surface area contributed by atoms with Crippen LogP contribution in [0.5, 0.6) is 0 Å². The van der Waals surface area contributed by atoms with Gasteiger partial charge < -0.3 is 20.9 Å². The van der Waals surface area contributed by atoms with E-state index in [1.54, 1.807) is 6.92 Å². The lowest BCUT2D eigenvalue weighted by atomic mass is 9.78. The van der Waals surface area contributed by atoms with Crippen molar-refractivity contribution in [2.45, 2.75) is 45.1 Å². The average molecular weight is 272 g/mol. The molecule has 1 atom stereocenters. The summed E-state index contributed by atoms with van der Waals surface area (Å²) < 4.78 is 5.25. The van der Waals surface area contributed by atoms with Gasteiger partial charge in [0.05, 0.1) is 5.41 Å². The van der Waals surface area contributed by atoms with E-state index < -0.39 is 16.9 Å². The second kappa shape index (κ2) is 6.34. The van der Waals surface area contributed by atoms with Gasteiger partial charge in [0, 0.05) is 19.8 Å². The molecule has 6 heteroatoms. The standard InChI is InChI=1S/C13H24N2O4/c1-3-4-12(2,11(17)18)15-10(16)13(9-14)5-7-19-8-6-13/h3-9,14H2,1-2H3,(H,15,16)(H,17,18). The molecule has 0 spiro atoms. The first-order valence-corrected chi connectivity index (χ1v) is 6.74. The number of rotatable bonds is 6. The minimum absolute atomic E-state index is 0.212. The molecular formula is C13H24N2O4. The Morgan fingerprint density at radius 2 is 2.00 bits per heavy atom. The summed E-state index contributed by atoms with van der Waals surface area (Å²) in [6.07, 6.45) is 2.15. The quantitative estimate of drug-likeness (QED) is 0.653. The number of ether oxygens (including phenoxy) is 1. The lowest BCUT2D eigenvalue weighted by molar-refractivity contribution is -0.150. The number of carboxylic acid groups (broad SMARTS) is 1. The first-order chi connectivity index (χ1) is 8.90. The maximum absolute atomic E-state index is 12.4. The van der Waals surface area contributed by atoms with Crippen LogP contribution >= 0.6 is 0 Å². The summed E-state index contributed by atoms with van der Waals surface area (Å²) in [6, 6.07) is 0. The maximum atomic E-state index is 12.4. The summed E-state index contributed by atoms with van der Waals surface area (Å²) in [5.41, 5.74) is 3.82. The van der Waals surface area contributed by atoms with Gasteiger partial charge in [0.2, 0.25) is 5.91 Å². The molecule has 0 saturated carbocycles. The monoisotopic (exact) mass is 272 g/mol. The summed E-state index contributed by atoms with van der Waals surface area (Å²) >= 11 is 0. The van der Waals surface area contributed by atoms with E-state index in [4.69, 9.17) is 10.5 Å². The van der Waals surface area contributed by atoms with E-state index in [9.17, 15) is 14.7 Å². The number of hydrogen-bond donors (Lipinski definition) is 3. The highest BCUT2D eigenvalue weighted by Gasteiger charge is 2.43. The third kappa shape index (κ3) is 3.45. The van der Waals surface area contributed by atoms with Gasteiger partial charge in [-0.1, -0.05) is 13.3 Å². The summed E-state index contributed by atoms with van der Waals surface area (Å²) in [4.78, 5) is 23.8. The molecule has 4 N–H and O–H groups in total. The molecule has 1 heterocycles. The third-order valence-electron chi connectivity index (χ3n) is 3.93. The molecule has 1 rings (SSSR count). The van der Waals surface area contributed by atoms with Crippen LogP contribution in [-0.2, 0) is 14.3 Å². The zero-order chi connectivity index (χ0) is 14.5. The summed E-state index contributed by atoms with van der Waals surface area (Å²) in [6.45, 7) is 4.62. The van der Waals surface area contributed by atoms with Crippen LogP contribution in [0, 0.1) is 5.41 Å². The smallest absolute Gasteiger partial charge is 0.329 e. The molecule has 6 nitrogen and oxygen atoms in total. The van der Waals surface area contributed by atoms with Crippen molar-refractivity contribution in [1.29, 1.82) is 0 Å². The molecule has 0 radical (unpaired) electrons. The van der Waals surface area contributed by atoms with Crippen molar-refractivity contribution in [3.05, 3.63) is 0 Å². The van der Waals surface area contributed by atoms with Gasteiger partial charge in [-0.3, -0.25) is 4.79 Å². The van der Waals surface area contributed by atoms with Crippen LogP contribution in [0.1, 0.15) is 39.5 Å². The number of hydrogen-bond acceptors (Lipinski definition) is 4. The van der Waals surface area contributed by atoms with Crippen LogP contribution in [0.3, 0.4) is 0 Å². The van der Waals surface area contributed by atoms with E-state index in [2.05, 4.69) is 5.32 Å². The van der Waals surface area contributed by atoms with Crippen molar-refractivity contribution in [3.63, 3.8) is 0 Å². The normalized spacial score (nSPS) is 21.4. The first kappa shape index (κ1) is 15.9. The lowest BCUT2D eigenvalue weighted by Gasteiger charge is -2.37. The summed E-state index contributed by atoms with van der Waals surface area (Å²) in [5, 5.41) is 12.0.